The molecule has 0 spiro atoms. The van der Waals surface area contributed by atoms with Crippen LogP contribution in [0.25, 0.3) is 0 Å². The zero-order valence-electron chi connectivity index (χ0n) is 25.6. The maximum Gasteiger partial charge on any atom is 0.303 e. The Balaban J connectivity index is 2.36. The lowest BCUT2D eigenvalue weighted by atomic mass is 9.76. The van der Waals surface area contributed by atoms with Crippen LogP contribution in [-0.2, 0) is 47.7 Å². The summed E-state index contributed by atoms with van der Waals surface area (Å²) in [5.41, 5.74) is -2.06. The van der Waals surface area contributed by atoms with Gasteiger partial charge in [-0.05, 0) is 36.3 Å². The average molecular weight is 581 g/mol. The van der Waals surface area contributed by atoms with Crippen molar-refractivity contribution in [2.75, 3.05) is 0 Å². The van der Waals surface area contributed by atoms with E-state index in [1.807, 2.05) is 20.8 Å². The van der Waals surface area contributed by atoms with Gasteiger partial charge in [0, 0.05) is 58.3 Å². The van der Waals surface area contributed by atoms with Crippen LogP contribution in [0.3, 0.4) is 0 Å². The van der Waals surface area contributed by atoms with Crippen LogP contribution in [-0.4, -0.2) is 71.1 Å². The Morgan fingerprint density at radius 1 is 0.732 bits per heavy atom. The molecule has 41 heavy (non-hydrogen) atoms. The number of aliphatic hydroxyl groups is 1. The van der Waals surface area contributed by atoms with E-state index < -0.39 is 89.1 Å². The summed E-state index contributed by atoms with van der Waals surface area (Å²) >= 11 is 0. The standard InChI is InChI=1S/C30H44O11/c1-13-11-21-25(38-17(5)32)15(3)26(39-18(6)33)22-23(29(22,9)10)27(40-19(7)34)24(37-16(4)31)14(2)12-30(21,36)28(13)41-20(8)35/h12-13,15,21-28,36H,11H2,1-10H3/b14-12-. The van der Waals surface area contributed by atoms with E-state index in [1.165, 1.54) is 40.7 Å². The van der Waals surface area contributed by atoms with Crippen molar-refractivity contribution >= 4 is 29.8 Å². The molecule has 0 aliphatic heterocycles. The monoisotopic (exact) mass is 580 g/mol. The molecule has 3 aliphatic carbocycles. The molecule has 11 heteroatoms. The van der Waals surface area contributed by atoms with Crippen LogP contribution < -0.4 is 0 Å². The fourth-order valence-corrected chi connectivity index (χ4v) is 7.52. The van der Waals surface area contributed by atoms with E-state index in [-0.39, 0.29) is 11.8 Å². The number of ether oxygens (including phenoxy) is 5. The molecule has 0 aromatic heterocycles. The Morgan fingerprint density at radius 3 is 1.66 bits per heavy atom. The van der Waals surface area contributed by atoms with Crippen LogP contribution in [0.4, 0.5) is 0 Å². The van der Waals surface area contributed by atoms with E-state index in [1.54, 1.807) is 13.8 Å². The van der Waals surface area contributed by atoms with Crippen molar-refractivity contribution in [1.82, 2.24) is 0 Å². The van der Waals surface area contributed by atoms with Gasteiger partial charge in [-0.15, -0.1) is 0 Å². The molecule has 0 saturated heterocycles. The minimum Gasteiger partial charge on any atom is -0.462 e. The largest absolute Gasteiger partial charge is 0.462 e. The summed E-state index contributed by atoms with van der Waals surface area (Å²) in [6.45, 7) is 15.4. The van der Waals surface area contributed by atoms with Crippen LogP contribution in [0.15, 0.2) is 11.6 Å². The van der Waals surface area contributed by atoms with Gasteiger partial charge in [0.2, 0.25) is 0 Å². The second-order valence-electron chi connectivity index (χ2n) is 12.6. The summed E-state index contributed by atoms with van der Waals surface area (Å²) in [5.74, 6) is -5.59. The third kappa shape index (κ3) is 6.44. The minimum absolute atomic E-state index is 0.302. The van der Waals surface area contributed by atoms with Gasteiger partial charge in [0.05, 0.1) is 0 Å². The molecular formula is C30H44O11. The Bertz CT molecular complexity index is 1110. The number of carbonyl (C=O) groups excluding carboxylic acids is 5. The third-order valence-corrected chi connectivity index (χ3v) is 9.03. The highest BCUT2D eigenvalue weighted by Crippen LogP contribution is 2.65. The normalized spacial score (nSPS) is 40.7. The molecule has 0 amide bonds. The second kappa shape index (κ2) is 11.7. The van der Waals surface area contributed by atoms with E-state index in [0.717, 1.165) is 0 Å². The summed E-state index contributed by atoms with van der Waals surface area (Å²) in [6.07, 6.45) is -3.12. The van der Waals surface area contributed by atoms with Crippen molar-refractivity contribution in [1.29, 1.82) is 0 Å². The van der Waals surface area contributed by atoms with Gasteiger partial charge in [-0.1, -0.05) is 27.7 Å². The van der Waals surface area contributed by atoms with Gasteiger partial charge in [-0.3, -0.25) is 24.0 Å². The average Bonchev–Trinajstić information content (AvgIpc) is 3.30. The predicted molar refractivity (Wildman–Crippen MR) is 144 cm³/mol. The molecule has 0 heterocycles. The lowest BCUT2D eigenvalue weighted by Gasteiger charge is -2.40. The van der Waals surface area contributed by atoms with Crippen molar-refractivity contribution in [3.63, 3.8) is 0 Å². The Hall–Kier alpha value is -2.95. The molecule has 11 atom stereocenters. The number of rotatable bonds is 5. The van der Waals surface area contributed by atoms with Crippen LogP contribution in [0.5, 0.6) is 0 Å². The molecule has 2 fully saturated rings. The summed E-state index contributed by atoms with van der Waals surface area (Å²) in [4.78, 5) is 61.7. The van der Waals surface area contributed by atoms with Crippen LogP contribution >= 0.6 is 0 Å². The zero-order chi connectivity index (χ0) is 31.2. The minimum atomic E-state index is -1.88. The summed E-state index contributed by atoms with van der Waals surface area (Å²) in [6, 6.07) is 0. The molecular weight excluding hydrogens is 536 g/mol. The molecule has 2 saturated carbocycles. The van der Waals surface area contributed by atoms with Crippen LogP contribution in [0.2, 0.25) is 0 Å². The number of hydrogen-bond acceptors (Lipinski definition) is 11. The lowest BCUT2D eigenvalue weighted by Crippen LogP contribution is -2.53. The predicted octanol–water partition coefficient (Wildman–Crippen LogP) is 2.90. The first kappa shape index (κ1) is 32.6. The van der Waals surface area contributed by atoms with Crippen molar-refractivity contribution in [3.05, 3.63) is 11.6 Å². The third-order valence-electron chi connectivity index (χ3n) is 9.03. The molecule has 11 unspecified atom stereocenters. The molecule has 1 N–H and O–H groups in total. The van der Waals surface area contributed by atoms with Gasteiger partial charge in [0.1, 0.15) is 30.0 Å². The smallest absolute Gasteiger partial charge is 0.303 e. The molecule has 230 valence electrons. The van der Waals surface area contributed by atoms with Gasteiger partial charge in [-0.2, -0.15) is 0 Å². The number of carbonyl (C=O) groups is 5. The van der Waals surface area contributed by atoms with Crippen LogP contribution in [0, 0.1) is 35.0 Å². The highest BCUT2D eigenvalue weighted by atomic mass is 16.6. The van der Waals surface area contributed by atoms with E-state index >= 15 is 0 Å². The highest BCUT2D eigenvalue weighted by molar-refractivity contribution is 5.69. The number of esters is 5. The second-order valence-corrected chi connectivity index (χ2v) is 12.6. The Labute approximate surface area is 241 Å². The maximum absolute atomic E-state index is 12.4. The number of fused-ring (bicyclic) bond motifs is 2. The first-order valence-electron chi connectivity index (χ1n) is 14.1. The number of hydrogen-bond donors (Lipinski definition) is 1. The molecule has 0 aromatic carbocycles. The van der Waals surface area contributed by atoms with E-state index in [0.29, 0.717) is 12.0 Å². The SMILES string of the molecule is CC(=O)OC1/C(C)=C\C2(O)C(CC(C)C2OC(C)=O)C(OC(C)=O)C(C)C(OC(C)=O)C2C(C1OC(C)=O)C2(C)C. The Morgan fingerprint density at radius 2 is 1.17 bits per heavy atom. The summed E-state index contributed by atoms with van der Waals surface area (Å²) in [5, 5.41) is 12.4. The van der Waals surface area contributed by atoms with E-state index in [9.17, 15) is 29.1 Å². The quantitative estimate of drug-likeness (QED) is 0.290. The van der Waals surface area contributed by atoms with E-state index in [4.69, 9.17) is 23.7 Å². The van der Waals surface area contributed by atoms with Crippen molar-refractivity contribution in [3.8, 4) is 0 Å². The molecule has 11 nitrogen and oxygen atoms in total. The zero-order valence-corrected chi connectivity index (χ0v) is 25.6. The summed E-state index contributed by atoms with van der Waals surface area (Å²) in [7, 11) is 0. The van der Waals surface area contributed by atoms with E-state index in [2.05, 4.69) is 0 Å². The molecule has 3 aliphatic rings. The maximum atomic E-state index is 12.4. The molecule has 0 bridgehead atoms. The van der Waals surface area contributed by atoms with Gasteiger partial charge in [-0.25, -0.2) is 0 Å². The van der Waals surface area contributed by atoms with Crippen molar-refractivity contribution < 1.29 is 52.8 Å². The Kier molecular flexibility index (Phi) is 9.32. The first-order chi connectivity index (χ1) is 18.8. The van der Waals surface area contributed by atoms with Gasteiger partial charge in [0.15, 0.2) is 6.10 Å². The topological polar surface area (TPSA) is 152 Å². The summed E-state index contributed by atoms with van der Waals surface area (Å²) < 4.78 is 29.0. The first-order valence-corrected chi connectivity index (χ1v) is 14.1. The molecule has 3 rings (SSSR count). The van der Waals surface area contributed by atoms with Crippen molar-refractivity contribution in [2.24, 2.45) is 35.0 Å². The fraction of sp³-hybridized carbons (Fsp3) is 0.767. The van der Waals surface area contributed by atoms with Gasteiger partial charge >= 0.3 is 29.8 Å². The highest BCUT2D eigenvalue weighted by Gasteiger charge is 2.70. The lowest BCUT2D eigenvalue weighted by molar-refractivity contribution is -0.178. The van der Waals surface area contributed by atoms with Gasteiger partial charge < -0.3 is 28.8 Å². The molecule has 0 aromatic rings. The fourth-order valence-electron chi connectivity index (χ4n) is 7.52. The van der Waals surface area contributed by atoms with Gasteiger partial charge in [0.25, 0.3) is 0 Å². The molecule has 0 radical (unpaired) electrons. The van der Waals surface area contributed by atoms with Crippen LogP contribution in [0.1, 0.15) is 75.7 Å². The van der Waals surface area contributed by atoms with Crippen molar-refractivity contribution in [2.45, 2.75) is 112 Å².